The zero-order chi connectivity index (χ0) is 13.1. The Hall–Kier alpha value is -2.18. The first-order valence-corrected chi connectivity index (χ1v) is 5.20. The van der Waals surface area contributed by atoms with E-state index in [1.807, 2.05) is 0 Å². The monoisotopic (exact) mass is 256 g/mol. The van der Waals surface area contributed by atoms with Crippen LogP contribution in [0.3, 0.4) is 0 Å². The molecule has 1 atom stereocenters. The van der Waals surface area contributed by atoms with E-state index in [2.05, 4.69) is 15.4 Å². The molecule has 1 aromatic carbocycles. The molecule has 96 valence electrons. The molecule has 0 radical (unpaired) electrons. The van der Waals surface area contributed by atoms with E-state index in [-0.39, 0.29) is 18.1 Å². The number of halogens is 2. The molecule has 7 heteroatoms. The van der Waals surface area contributed by atoms with Crippen LogP contribution in [0.15, 0.2) is 24.3 Å². The molecule has 1 aliphatic heterocycles. The molecule has 1 saturated heterocycles. The molecule has 5 nitrogen and oxygen atoms in total. The van der Waals surface area contributed by atoms with Crippen LogP contribution in [0.5, 0.6) is 5.75 Å². The lowest BCUT2D eigenvalue weighted by molar-refractivity contribution is -0.124. The van der Waals surface area contributed by atoms with Crippen molar-refractivity contribution in [2.24, 2.45) is 0 Å². The zero-order valence-corrected chi connectivity index (χ0v) is 9.15. The molecule has 18 heavy (non-hydrogen) atoms. The first-order valence-electron chi connectivity index (χ1n) is 5.20. The molecular weight excluding hydrogens is 246 g/mol. The molecule has 1 unspecified atom stereocenters. The van der Waals surface area contributed by atoms with Gasteiger partial charge in [0.2, 0.25) is 11.8 Å². The molecule has 0 spiro atoms. The summed E-state index contributed by atoms with van der Waals surface area (Å²) in [6.45, 7) is -2.87. The van der Waals surface area contributed by atoms with Crippen LogP contribution in [0.1, 0.15) is 6.42 Å². The zero-order valence-electron chi connectivity index (χ0n) is 9.15. The molecule has 0 aliphatic carbocycles. The van der Waals surface area contributed by atoms with Gasteiger partial charge in [0.1, 0.15) is 11.8 Å². The van der Waals surface area contributed by atoms with E-state index in [4.69, 9.17) is 0 Å². The summed E-state index contributed by atoms with van der Waals surface area (Å²) < 4.78 is 28.0. The van der Waals surface area contributed by atoms with Crippen LogP contribution in [0, 0.1) is 0 Å². The van der Waals surface area contributed by atoms with Crippen molar-refractivity contribution in [3.05, 3.63) is 24.3 Å². The number of carbonyl (C=O) groups excluding carboxylic acids is 2. The van der Waals surface area contributed by atoms with E-state index in [1.165, 1.54) is 24.3 Å². The fourth-order valence-corrected chi connectivity index (χ4v) is 1.60. The highest BCUT2D eigenvalue weighted by Crippen LogP contribution is 2.19. The second-order valence-corrected chi connectivity index (χ2v) is 3.72. The van der Waals surface area contributed by atoms with Crippen LogP contribution < -0.4 is 15.4 Å². The Morgan fingerprint density at radius 2 is 1.94 bits per heavy atom. The highest BCUT2D eigenvalue weighted by atomic mass is 19.3. The summed E-state index contributed by atoms with van der Waals surface area (Å²) in [5.41, 5.74) is 0.548. The van der Waals surface area contributed by atoms with Crippen molar-refractivity contribution in [2.75, 3.05) is 5.32 Å². The molecule has 2 amide bonds. The Morgan fingerprint density at radius 1 is 1.28 bits per heavy atom. The largest absolute Gasteiger partial charge is 0.435 e. The second kappa shape index (κ2) is 4.99. The molecular formula is C11H10F2N2O3. The number of ether oxygens (including phenoxy) is 1. The number of hydrogen-bond donors (Lipinski definition) is 2. The molecule has 2 N–H and O–H groups in total. The Balaban J connectivity index is 1.98. The normalized spacial score (nSPS) is 18.9. The number of carbonyl (C=O) groups is 2. The fourth-order valence-electron chi connectivity index (χ4n) is 1.60. The van der Waals surface area contributed by atoms with E-state index in [0.29, 0.717) is 5.69 Å². The average Bonchev–Trinajstić information content (AvgIpc) is 2.59. The van der Waals surface area contributed by atoms with Crippen LogP contribution in [-0.2, 0) is 9.59 Å². The van der Waals surface area contributed by atoms with E-state index < -0.39 is 18.6 Å². The van der Waals surface area contributed by atoms with Crippen LogP contribution >= 0.6 is 0 Å². The summed E-state index contributed by atoms with van der Waals surface area (Å²) in [7, 11) is 0. The number of amides is 2. The van der Waals surface area contributed by atoms with Gasteiger partial charge in [-0.3, -0.25) is 14.9 Å². The number of hydrogen-bond acceptors (Lipinski definition) is 4. The summed E-state index contributed by atoms with van der Waals surface area (Å²) in [5, 5.41) is 4.99. The van der Waals surface area contributed by atoms with Crippen molar-refractivity contribution in [1.29, 1.82) is 0 Å². The van der Waals surface area contributed by atoms with E-state index >= 15 is 0 Å². The summed E-state index contributed by atoms with van der Waals surface area (Å²) in [5.74, 6) is -0.703. The van der Waals surface area contributed by atoms with Crippen molar-refractivity contribution < 1.29 is 23.1 Å². The number of rotatable bonds is 4. The van der Waals surface area contributed by atoms with Crippen LogP contribution in [0.2, 0.25) is 0 Å². The van der Waals surface area contributed by atoms with Gasteiger partial charge in [0.15, 0.2) is 0 Å². The molecule has 2 rings (SSSR count). The first kappa shape index (κ1) is 12.3. The van der Waals surface area contributed by atoms with Crippen molar-refractivity contribution >= 4 is 17.5 Å². The van der Waals surface area contributed by atoms with Gasteiger partial charge in [-0.05, 0) is 24.3 Å². The standard InChI is InChI=1S/C11H10F2N2O3/c12-11(13)18-7-3-1-6(2-4-7)14-8-5-9(16)15-10(8)17/h1-4,8,11,14H,5H2,(H,15,16,17). The van der Waals surface area contributed by atoms with E-state index in [9.17, 15) is 18.4 Å². The Morgan fingerprint density at radius 3 is 2.44 bits per heavy atom. The SMILES string of the molecule is O=C1CC(Nc2ccc(OC(F)F)cc2)C(=O)N1. The maximum atomic E-state index is 11.9. The lowest BCUT2D eigenvalue weighted by Gasteiger charge is -2.11. The predicted molar refractivity (Wildman–Crippen MR) is 58.3 cm³/mol. The fraction of sp³-hybridized carbons (Fsp3) is 0.273. The van der Waals surface area contributed by atoms with Crippen molar-refractivity contribution in [3.8, 4) is 5.75 Å². The summed E-state index contributed by atoms with van der Waals surface area (Å²) >= 11 is 0. The third-order valence-corrected chi connectivity index (χ3v) is 2.39. The van der Waals surface area contributed by atoms with E-state index in [0.717, 1.165) is 0 Å². The van der Waals surface area contributed by atoms with Crippen LogP contribution in [-0.4, -0.2) is 24.5 Å². The van der Waals surface area contributed by atoms with Gasteiger partial charge < -0.3 is 10.1 Å². The topological polar surface area (TPSA) is 67.4 Å². The predicted octanol–water partition coefficient (Wildman–Crippen LogP) is 1.12. The maximum Gasteiger partial charge on any atom is 0.387 e. The number of imide groups is 1. The van der Waals surface area contributed by atoms with Crippen molar-refractivity contribution in [2.45, 2.75) is 19.1 Å². The summed E-state index contributed by atoms with van der Waals surface area (Å²) in [4.78, 5) is 22.2. The van der Waals surface area contributed by atoms with Crippen LogP contribution in [0.25, 0.3) is 0 Å². The molecule has 0 bridgehead atoms. The highest BCUT2D eigenvalue weighted by molar-refractivity contribution is 6.06. The van der Waals surface area contributed by atoms with Gasteiger partial charge in [-0.2, -0.15) is 8.78 Å². The highest BCUT2D eigenvalue weighted by Gasteiger charge is 2.30. The molecule has 0 aromatic heterocycles. The first-order chi connectivity index (χ1) is 8.54. The second-order valence-electron chi connectivity index (χ2n) is 3.72. The van der Waals surface area contributed by atoms with Gasteiger partial charge in [0, 0.05) is 5.69 Å². The van der Waals surface area contributed by atoms with Gasteiger partial charge in [0.25, 0.3) is 0 Å². The molecule has 1 heterocycles. The van der Waals surface area contributed by atoms with Gasteiger partial charge >= 0.3 is 6.61 Å². The number of alkyl halides is 2. The summed E-state index contributed by atoms with van der Waals surface area (Å²) in [6.07, 6.45) is 0.0636. The Labute approximate surface area is 101 Å². The van der Waals surface area contributed by atoms with E-state index in [1.54, 1.807) is 0 Å². The Bertz CT molecular complexity index is 462. The average molecular weight is 256 g/mol. The van der Waals surface area contributed by atoms with Crippen LogP contribution in [0.4, 0.5) is 14.5 Å². The smallest absolute Gasteiger partial charge is 0.387 e. The molecule has 0 saturated carbocycles. The van der Waals surface area contributed by atoms with Gasteiger partial charge in [-0.1, -0.05) is 0 Å². The minimum atomic E-state index is -2.87. The quantitative estimate of drug-likeness (QED) is 0.792. The van der Waals surface area contributed by atoms with Crippen molar-refractivity contribution in [1.82, 2.24) is 5.32 Å². The molecule has 1 aliphatic rings. The van der Waals surface area contributed by atoms with Crippen molar-refractivity contribution in [3.63, 3.8) is 0 Å². The van der Waals surface area contributed by atoms with Gasteiger partial charge in [-0.25, -0.2) is 0 Å². The third kappa shape index (κ3) is 2.93. The number of nitrogens with one attached hydrogen (secondary N) is 2. The minimum absolute atomic E-state index is 0.0301. The number of benzene rings is 1. The van der Waals surface area contributed by atoms with Gasteiger partial charge in [-0.15, -0.1) is 0 Å². The van der Waals surface area contributed by atoms with Gasteiger partial charge in [0.05, 0.1) is 6.42 Å². The lowest BCUT2D eigenvalue weighted by Crippen LogP contribution is -2.29. The maximum absolute atomic E-state index is 11.9. The third-order valence-electron chi connectivity index (χ3n) is 2.39. The minimum Gasteiger partial charge on any atom is -0.435 e. The Kier molecular flexibility index (Phi) is 3.40. The number of anilines is 1. The molecule has 1 fully saturated rings. The summed E-state index contributed by atoms with van der Waals surface area (Å²) in [6, 6.07) is 5.06. The lowest BCUT2D eigenvalue weighted by atomic mass is 10.2. The molecule has 1 aromatic rings.